The summed E-state index contributed by atoms with van der Waals surface area (Å²) in [4.78, 5) is 21.7. The van der Waals surface area contributed by atoms with Gasteiger partial charge in [0.15, 0.2) is 11.9 Å². The molecule has 0 aliphatic carbocycles. The molecule has 0 fully saturated rings. The first kappa shape index (κ1) is 15.1. The van der Waals surface area contributed by atoms with Crippen LogP contribution in [0.4, 0.5) is 5.82 Å². The van der Waals surface area contributed by atoms with Crippen LogP contribution in [0.5, 0.6) is 0 Å². The molecule has 124 valence electrons. The predicted octanol–water partition coefficient (Wildman–Crippen LogP) is 2.93. The normalized spacial score (nSPS) is 16.2. The number of carbonyl (C=O) groups excluding carboxylic acids is 1. The van der Waals surface area contributed by atoms with Crippen molar-refractivity contribution in [3.05, 3.63) is 66.5 Å². The second-order valence-electron chi connectivity index (χ2n) is 5.60. The lowest BCUT2D eigenvalue weighted by Crippen LogP contribution is -2.22. The van der Waals surface area contributed by atoms with E-state index in [1.165, 1.54) is 0 Å². The van der Waals surface area contributed by atoms with Crippen molar-refractivity contribution in [2.75, 3.05) is 5.32 Å². The van der Waals surface area contributed by atoms with Crippen LogP contribution in [0.3, 0.4) is 0 Å². The maximum absolute atomic E-state index is 12.4. The van der Waals surface area contributed by atoms with Gasteiger partial charge in [-0.1, -0.05) is 35.5 Å². The molecule has 0 bridgehead atoms. The van der Waals surface area contributed by atoms with Crippen LogP contribution in [0.25, 0.3) is 11.3 Å². The minimum Gasteiger partial charge on any atom is -0.387 e. The molecule has 2 N–H and O–H groups in total. The number of hydrogen-bond donors (Lipinski definition) is 2. The van der Waals surface area contributed by atoms with E-state index in [1.54, 1.807) is 18.5 Å². The Morgan fingerprint density at radius 1 is 1.16 bits per heavy atom. The first-order valence-corrected chi connectivity index (χ1v) is 7.84. The molecule has 25 heavy (non-hydrogen) atoms. The molecule has 3 aromatic rings. The van der Waals surface area contributed by atoms with Gasteiger partial charge in [-0.15, -0.1) is 0 Å². The van der Waals surface area contributed by atoms with Gasteiger partial charge in [-0.2, -0.15) is 5.10 Å². The molecule has 7 heteroatoms. The molecule has 0 spiro atoms. The summed E-state index contributed by atoms with van der Waals surface area (Å²) in [5.74, 6) is 0.119. The quantitative estimate of drug-likeness (QED) is 0.768. The number of rotatable bonds is 4. The summed E-state index contributed by atoms with van der Waals surface area (Å²) in [6.07, 6.45) is 3.59. The van der Waals surface area contributed by atoms with Crippen LogP contribution in [0.1, 0.15) is 18.1 Å². The van der Waals surface area contributed by atoms with Crippen LogP contribution in [-0.2, 0) is 9.63 Å². The van der Waals surface area contributed by atoms with E-state index in [2.05, 4.69) is 25.7 Å². The molecule has 3 heterocycles. The number of benzene rings is 1. The standard InChI is InChI=1S/C18H15N5O2/c24-18(15-10-16(25-23-15)13-4-2-1-3-5-13)20-17-11-14(21-22-17)12-6-8-19-9-7-12/h1-9,11,16H,10H2,(H2,20,21,22,24). The number of pyridine rings is 1. The monoisotopic (exact) mass is 333 g/mol. The van der Waals surface area contributed by atoms with Gasteiger partial charge in [0.1, 0.15) is 5.71 Å². The molecule has 0 saturated heterocycles. The van der Waals surface area contributed by atoms with E-state index >= 15 is 0 Å². The Morgan fingerprint density at radius 3 is 2.76 bits per heavy atom. The van der Waals surface area contributed by atoms with Gasteiger partial charge in [0.2, 0.25) is 0 Å². The highest BCUT2D eigenvalue weighted by molar-refractivity contribution is 6.43. The molecule has 1 amide bonds. The molecule has 0 radical (unpaired) electrons. The molecule has 1 aliphatic heterocycles. The Labute approximate surface area is 143 Å². The number of carbonyl (C=O) groups is 1. The number of H-pyrrole nitrogens is 1. The van der Waals surface area contributed by atoms with Crippen molar-refractivity contribution in [3.63, 3.8) is 0 Å². The third-order valence-corrected chi connectivity index (χ3v) is 3.91. The molecule has 2 aromatic heterocycles. The number of amides is 1. The summed E-state index contributed by atoms with van der Waals surface area (Å²) in [5.41, 5.74) is 3.08. The van der Waals surface area contributed by atoms with Crippen molar-refractivity contribution in [1.29, 1.82) is 0 Å². The zero-order valence-corrected chi connectivity index (χ0v) is 13.2. The lowest BCUT2D eigenvalue weighted by atomic mass is 10.0. The number of anilines is 1. The summed E-state index contributed by atoms with van der Waals surface area (Å²) in [6.45, 7) is 0. The summed E-state index contributed by atoms with van der Waals surface area (Å²) in [7, 11) is 0. The Balaban J connectivity index is 1.41. The predicted molar refractivity (Wildman–Crippen MR) is 92.8 cm³/mol. The molecular weight excluding hydrogens is 318 g/mol. The second kappa shape index (κ2) is 6.56. The van der Waals surface area contributed by atoms with E-state index < -0.39 is 0 Å². The zero-order valence-electron chi connectivity index (χ0n) is 13.2. The Bertz CT molecular complexity index is 905. The third kappa shape index (κ3) is 3.25. The minimum absolute atomic E-state index is 0.228. The largest absolute Gasteiger partial charge is 0.387 e. The third-order valence-electron chi connectivity index (χ3n) is 3.91. The molecule has 1 aliphatic rings. The van der Waals surface area contributed by atoms with E-state index in [0.717, 1.165) is 16.8 Å². The molecule has 7 nitrogen and oxygen atoms in total. The summed E-state index contributed by atoms with van der Waals surface area (Å²) in [5, 5.41) is 13.6. The van der Waals surface area contributed by atoms with Crippen LogP contribution < -0.4 is 5.32 Å². The van der Waals surface area contributed by atoms with Crippen LogP contribution in [0.15, 0.2) is 66.1 Å². The fraction of sp³-hybridized carbons (Fsp3) is 0.111. The van der Waals surface area contributed by atoms with Crippen molar-refractivity contribution in [1.82, 2.24) is 15.2 Å². The maximum Gasteiger partial charge on any atom is 0.274 e. The van der Waals surface area contributed by atoms with E-state index in [0.29, 0.717) is 18.0 Å². The molecule has 1 aromatic carbocycles. The first-order chi connectivity index (χ1) is 12.3. The smallest absolute Gasteiger partial charge is 0.274 e. The van der Waals surface area contributed by atoms with Gasteiger partial charge in [0.05, 0.1) is 5.69 Å². The highest BCUT2D eigenvalue weighted by atomic mass is 16.6. The fourth-order valence-corrected chi connectivity index (χ4v) is 2.61. The highest BCUT2D eigenvalue weighted by Crippen LogP contribution is 2.27. The Kier molecular flexibility index (Phi) is 3.96. The fourth-order valence-electron chi connectivity index (χ4n) is 2.61. The van der Waals surface area contributed by atoms with E-state index in [1.807, 2.05) is 42.5 Å². The van der Waals surface area contributed by atoms with Crippen molar-refractivity contribution in [2.24, 2.45) is 5.16 Å². The van der Waals surface area contributed by atoms with Gasteiger partial charge in [-0.05, 0) is 17.7 Å². The zero-order chi connectivity index (χ0) is 17.1. The second-order valence-corrected chi connectivity index (χ2v) is 5.60. The summed E-state index contributed by atoms with van der Waals surface area (Å²) < 4.78 is 0. The van der Waals surface area contributed by atoms with E-state index in [4.69, 9.17) is 4.84 Å². The molecule has 1 atom stereocenters. The summed E-state index contributed by atoms with van der Waals surface area (Å²) >= 11 is 0. The molecular formula is C18H15N5O2. The van der Waals surface area contributed by atoms with Gasteiger partial charge in [0, 0.05) is 30.4 Å². The average molecular weight is 333 g/mol. The van der Waals surface area contributed by atoms with Gasteiger partial charge in [-0.25, -0.2) is 0 Å². The number of oxime groups is 1. The van der Waals surface area contributed by atoms with E-state index in [-0.39, 0.29) is 12.0 Å². The molecule has 0 saturated carbocycles. The van der Waals surface area contributed by atoms with Crippen molar-refractivity contribution >= 4 is 17.4 Å². The van der Waals surface area contributed by atoms with E-state index in [9.17, 15) is 4.79 Å². The van der Waals surface area contributed by atoms with Crippen molar-refractivity contribution in [2.45, 2.75) is 12.5 Å². The van der Waals surface area contributed by atoms with Crippen LogP contribution in [-0.4, -0.2) is 26.8 Å². The van der Waals surface area contributed by atoms with Crippen LogP contribution in [0.2, 0.25) is 0 Å². The Hall–Kier alpha value is -3.48. The number of hydrogen-bond acceptors (Lipinski definition) is 5. The van der Waals surface area contributed by atoms with Gasteiger partial charge in [-0.3, -0.25) is 14.9 Å². The number of aromatic amines is 1. The highest BCUT2D eigenvalue weighted by Gasteiger charge is 2.27. The Morgan fingerprint density at radius 2 is 1.96 bits per heavy atom. The molecule has 4 rings (SSSR count). The number of aromatic nitrogens is 3. The lowest BCUT2D eigenvalue weighted by Gasteiger charge is -2.07. The maximum atomic E-state index is 12.4. The van der Waals surface area contributed by atoms with Crippen LogP contribution >= 0.6 is 0 Å². The lowest BCUT2D eigenvalue weighted by molar-refractivity contribution is -0.110. The average Bonchev–Trinajstić information content (AvgIpc) is 3.33. The van der Waals surface area contributed by atoms with Gasteiger partial charge < -0.3 is 10.2 Å². The summed E-state index contributed by atoms with van der Waals surface area (Å²) in [6, 6.07) is 15.2. The first-order valence-electron chi connectivity index (χ1n) is 7.84. The van der Waals surface area contributed by atoms with Crippen molar-refractivity contribution < 1.29 is 9.63 Å². The molecule has 1 unspecified atom stereocenters. The number of nitrogens with one attached hydrogen (secondary N) is 2. The van der Waals surface area contributed by atoms with Gasteiger partial charge in [0.25, 0.3) is 5.91 Å². The SMILES string of the molecule is O=C(Nc1cc(-c2ccncc2)[nH]n1)C1=NOC(c2ccccc2)C1. The van der Waals surface area contributed by atoms with Gasteiger partial charge >= 0.3 is 0 Å². The minimum atomic E-state index is -0.314. The topological polar surface area (TPSA) is 92.3 Å². The van der Waals surface area contributed by atoms with Crippen molar-refractivity contribution in [3.8, 4) is 11.3 Å². The number of nitrogens with zero attached hydrogens (tertiary/aromatic N) is 3. The van der Waals surface area contributed by atoms with Crippen LogP contribution in [0, 0.1) is 0 Å².